The lowest BCUT2D eigenvalue weighted by molar-refractivity contribution is 0.0970. The Morgan fingerprint density at radius 2 is 1.73 bits per heavy atom. The van der Waals surface area contributed by atoms with E-state index in [2.05, 4.69) is 19.1 Å². The first-order chi connectivity index (χ1) is 16.1. The van der Waals surface area contributed by atoms with Gasteiger partial charge in [0.05, 0.1) is 11.4 Å². The molecule has 1 saturated carbocycles. The van der Waals surface area contributed by atoms with Crippen molar-refractivity contribution in [2.24, 2.45) is 16.8 Å². The molecule has 4 heteroatoms. The Labute approximate surface area is 205 Å². The Morgan fingerprint density at radius 1 is 1.00 bits per heavy atom. The number of aliphatic imine (C=N–C) groups is 1. The fourth-order valence-electron chi connectivity index (χ4n) is 5.04. The first-order valence-corrected chi connectivity index (χ1v) is 13.1. The zero-order chi connectivity index (χ0) is 22.8. The van der Waals surface area contributed by atoms with Gasteiger partial charge in [0.2, 0.25) is 0 Å². The molecular formula is C29H28ClNOS. The van der Waals surface area contributed by atoms with Crippen molar-refractivity contribution in [3.8, 4) is 0 Å². The number of nitrogens with zero attached hydrogens (tertiary/aromatic N) is 1. The minimum absolute atomic E-state index is 0.212. The van der Waals surface area contributed by atoms with Crippen LogP contribution in [0.3, 0.4) is 0 Å². The highest BCUT2D eigenvalue weighted by atomic mass is 35.5. The molecule has 3 aromatic carbocycles. The van der Waals surface area contributed by atoms with E-state index in [1.807, 2.05) is 54.6 Å². The molecule has 0 radical (unpaired) electrons. The second-order valence-electron chi connectivity index (χ2n) is 9.20. The molecule has 0 N–H and O–H groups in total. The summed E-state index contributed by atoms with van der Waals surface area (Å²) >= 11 is 8.26. The van der Waals surface area contributed by atoms with Crippen molar-refractivity contribution in [2.45, 2.75) is 55.2 Å². The van der Waals surface area contributed by atoms with Crippen LogP contribution in [0.2, 0.25) is 5.02 Å². The van der Waals surface area contributed by atoms with Gasteiger partial charge >= 0.3 is 0 Å². The number of halogens is 1. The zero-order valence-electron chi connectivity index (χ0n) is 18.9. The maximum absolute atomic E-state index is 13.1. The Hall–Kier alpha value is -2.36. The quantitative estimate of drug-likeness (QED) is 0.262. The van der Waals surface area contributed by atoms with Gasteiger partial charge in [0.25, 0.3) is 0 Å². The van der Waals surface area contributed by atoms with Crippen molar-refractivity contribution < 1.29 is 4.79 Å². The molecule has 0 amide bonds. The minimum Gasteiger partial charge on any atom is -0.294 e. The first kappa shape index (κ1) is 22.4. The largest absolute Gasteiger partial charge is 0.294 e. The lowest BCUT2D eigenvalue weighted by atomic mass is 9.87. The van der Waals surface area contributed by atoms with Crippen LogP contribution < -0.4 is 0 Å². The van der Waals surface area contributed by atoms with Gasteiger partial charge in [-0.1, -0.05) is 98.4 Å². The SMILES string of the molecule is CC(CCC(=O)c1ccc2c(c1)N=C(c1ccccc1Cl)c1ccccc1S2)C1CCCC1. The van der Waals surface area contributed by atoms with Gasteiger partial charge < -0.3 is 0 Å². The maximum Gasteiger partial charge on any atom is 0.162 e. The lowest BCUT2D eigenvalue weighted by Gasteiger charge is -2.18. The number of benzene rings is 3. The number of Topliss-reactive ketones (excluding diaryl/α,β-unsaturated/α-hetero) is 1. The topological polar surface area (TPSA) is 29.4 Å². The summed E-state index contributed by atoms with van der Waals surface area (Å²) in [6.45, 7) is 2.31. The van der Waals surface area contributed by atoms with E-state index >= 15 is 0 Å². The molecule has 2 nitrogen and oxygen atoms in total. The summed E-state index contributed by atoms with van der Waals surface area (Å²) in [4.78, 5) is 20.3. The van der Waals surface area contributed by atoms with Crippen LogP contribution in [-0.2, 0) is 0 Å². The van der Waals surface area contributed by atoms with Crippen LogP contribution in [0, 0.1) is 11.8 Å². The second-order valence-corrected chi connectivity index (χ2v) is 10.7. The smallest absolute Gasteiger partial charge is 0.162 e. The van der Waals surface area contributed by atoms with Crippen LogP contribution in [0.15, 0.2) is 81.5 Å². The molecule has 0 spiro atoms. The average molecular weight is 474 g/mol. The molecule has 3 aromatic rings. The summed E-state index contributed by atoms with van der Waals surface area (Å²) in [5.41, 5.74) is 4.40. The molecule has 1 atom stereocenters. The van der Waals surface area contributed by atoms with Gasteiger partial charge in [-0.3, -0.25) is 4.79 Å². The van der Waals surface area contributed by atoms with Gasteiger partial charge in [-0.05, 0) is 42.5 Å². The fourth-order valence-corrected chi connectivity index (χ4v) is 6.27. The van der Waals surface area contributed by atoms with Crippen LogP contribution in [0.1, 0.15) is 66.9 Å². The molecule has 1 aliphatic carbocycles. The summed E-state index contributed by atoms with van der Waals surface area (Å²) < 4.78 is 0. The number of hydrogen-bond acceptors (Lipinski definition) is 3. The zero-order valence-corrected chi connectivity index (χ0v) is 20.5. The molecule has 0 aromatic heterocycles. The van der Waals surface area contributed by atoms with Gasteiger partial charge in [0.1, 0.15) is 0 Å². The molecule has 0 bridgehead atoms. The van der Waals surface area contributed by atoms with E-state index in [1.54, 1.807) is 11.8 Å². The molecule has 0 saturated heterocycles. The third-order valence-electron chi connectivity index (χ3n) is 7.04. The van der Waals surface area contributed by atoms with Crippen molar-refractivity contribution in [2.75, 3.05) is 0 Å². The number of fused-ring (bicyclic) bond motifs is 2. The summed E-state index contributed by atoms with van der Waals surface area (Å²) in [7, 11) is 0. The van der Waals surface area contributed by atoms with Crippen LogP contribution in [0.4, 0.5) is 5.69 Å². The van der Waals surface area contributed by atoms with E-state index < -0.39 is 0 Å². The second kappa shape index (κ2) is 9.87. The highest BCUT2D eigenvalue weighted by molar-refractivity contribution is 7.99. The Bertz CT molecular complexity index is 1210. The molecule has 168 valence electrons. The van der Waals surface area contributed by atoms with Gasteiger partial charge in [-0.25, -0.2) is 4.99 Å². The third-order valence-corrected chi connectivity index (χ3v) is 8.51. The summed E-state index contributed by atoms with van der Waals surface area (Å²) in [6.07, 6.45) is 6.91. The van der Waals surface area contributed by atoms with E-state index in [0.717, 1.165) is 50.2 Å². The van der Waals surface area contributed by atoms with Crippen molar-refractivity contribution in [3.05, 3.63) is 88.4 Å². The molecule has 1 aliphatic heterocycles. The molecule has 33 heavy (non-hydrogen) atoms. The van der Waals surface area contributed by atoms with Gasteiger partial charge in [0.15, 0.2) is 5.78 Å². The monoisotopic (exact) mass is 473 g/mol. The van der Waals surface area contributed by atoms with E-state index in [1.165, 1.54) is 25.7 Å². The normalized spacial score (nSPS) is 16.5. The molecule has 1 unspecified atom stereocenters. The van der Waals surface area contributed by atoms with Gasteiger partial charge in [-0.2, -0.15) is 0 Å². The van der Waals surface area contributed by atoms with Crippen molar-refractivity contribution >= 4 is 40.5 Å². The van der Waals surface area contributed by atoms with Crippen LogP contribution in [0.25, 0.3) is 0 Å². The van der Waals surface area contributed by atoms with E-state index in [0.29, 0.717) is 17.4 Å². The van der Waals surface area contributed by atoms with E-state index in [9.17, 15) is 4.79 Å². The summed E-state index contributed by atoms with van der Waals surface area (Å²) in [5, 5.41) is 0.674. The lowest BCUT2D eigenvalue weighted by Crippen LogP contribution is -2.10. The average Bonchev–Trinajstić information content (AvgIpc) is 3.32. The third kappa shape index (κ3) is 4.81. The molecule has 1 fully saturated rings. The van der Waals surface area contributed by atoms with Crippen molar-refractivity contribution in [3.63, 3.8) is 0 Å². The number of ketones is 1. The molecule has 5 rings (SSSR count). The van der Waals surface area contributed by atoms with Gasteiger partial charge in [0, 0.05) is 37.9 Å². The minimum atomic E-state index is 0.212. The number of rotatable bonds is 6. The first-order valence-electron chi connectivity index (χ1n) is 11.9. The molecular weight excluding hydrogens is 446 g/mol. The van der Waals surface area contributed by atoms with Crippen LogP contribution in [0.5, 0.6) is 0 Å². The highest BCUT2D eigenvalue weighted by Crippen LogP contribution is 2.42. The number of hydrogen-bond donors (Lipinski definition) is 0. The number of carbonyl (C=O) groups is 1. The Morgan fingerprint density at radius 3 is 2.52 bits per heavy atom. The van der Waals surface area contributed by atoms with E-state index in [4.69, 9.17) is 16.6 Å². The van der Waals surface area contributed by atoms with Crippen molar-refractivity contribution in [1.29, 1.82) is 0 Å². The number of carbonyl (C=O) groups excluding carboxylic acids is 1. The molecule has 2 aliphatic rings. The Balaban J connectivity index is 1.46. The van der Waals surface area contributed by atoms with E-state index in [-0.39, 0.29) is 5.78 Å². The van der Waals surface area contributed by atoms with Gasteiger partial charge in [-0.15, -0.1) is 0 Å². The maximum atomic E-state index is 13.1. The summed E-state index contributed by atoms with van der Waals surface area (Å²) in [6, 6.07) is 22.1. The Kier molecular flexibility index (Phi) is 6.71. The summed E-state index contributed by atoms with van der Waals surface area (Å²) in [5.74, 6) is 1.62. The predicted octanol–water partition coefficient (Wildman–Crippen LogP) is 8.76. The fraction of sp³-hybridized carbons (Fsp3) is 0.310. The highest BCUT2D eigenvalue weighted by Gasteiger charge is 2.23. The molecule has 1 heterocycles. The van der Waals surface area contributed by atoms with Crippen LogP contribution >= 0.6 is 23.4 Å². The standard InChI is InChI=1S/C29H28ClNOS/c1-19(20-8-2-3-9-20)14-16-26(32)21-15-17-28-25(18-21)31-29(22-10-4-6-12-24(22)30)23-11-5-7-13-27(23)33-28/h4-7,10-13,15,17-20H,2-3,8-9,14,16H2,1H3. The van der Waals surface area contributed by atoms with Crippen LogP contribution in [-0.4, -0.2) is 11.5 Å². The van der Waals surface area contributed by atoms with Crippen molar-refractivity contribution in [1.82, 2.24) is 0 Å². The predicted molar refractivity (Wildman–Crippen MR) is 138 cm³/mol.